The van der Waals surface area contributed by atoms with Crippen molar-refractivity contribution >= 4 is 20.0 Å². The Labute approximate surface area is 122 Å². The molecule has 0 aliphatic carbocycles. The molecule has 1 aromatic rings. The monoisotopic (exact) mass is 340 g/mol. The second kappa shape index (κ2) is 5.59. The lowest BCUT2D eigenvalue weighted by atomic mass is 10.3. The van der Waals surface area contributed by atoms with Crippen molar-refractivity contribution in [3.8, 4) is 0 Å². The lowest BCUT2D eigenvalue weighted by molar-refractivity contribution is 0.273. The van der Waals surface area contributed by atoms with Crippen LogP contribution in [0.5, 0.6) is 0 Å². The van der Waals surface area contributed by atoms with E-state index in [-0.39, 0.29) is 26.2 Å². The second-order valence-corrected chi connectivity index (χ2v) is 8.53. The van der Waals surface area contributed by atoms with Crippen LogP contribution in [0.15, 0.2) is 23.1 Å². The Kier molecular flexibility index (Phi) is 4.34. The molecule has 1 aromatic carbocycles. The van der Waals surface area contributed by atoms with Gasteiger partial charge >= 0.3 is 0 Å². The van der Waals surface area contributed by atoms with Gasteiger partial charge < -0.3 is 0 Å². The Balaban J connectivity index is 2.23. The average molecular weight is 340 g/mol. The van der Waals surface area contributed by atoms with E-state index in [2.05, 4.69) is 0 Å². The van der Waals surface area contributed by atoms with Gasteiger partial charge in [0.25, 0.3) is 0 Å². The largest absolute Gasteiger partial charge is 0.246 e. The van der Waals surface area contributed by atoms with Gasteiger partial charge in [0.05, 0.1) is 6.26 Å². The van der Waals surface area contributed by atoms with E-state index in [4.69, 9.17) is 0 Å². The molecule has 1 aliphatic heterocycles. The van der Waals surface area contributed by atoms with Crippen molar-refractivity contribution in [3.63, 3.8) is 0 Å². The summed E-state index contributed by atoms with van der Waals surface area (Å²) in [6.45, 7) is -0.153. The Bertz CT molecular complexity index is 741. The van der Waals surface area contributed by atoms with E-state index >= 15 is 0 Å². The zero-order valence-electron chi connectivity index (χ0n) is 11.2. The zero-order valence-corrected chi connectivity index (χ0v) is 12.8. The van der Waals surface area contributed by atoms with E-state index in [9.17, 15) is 25.6 Å². The van der Waals surface area contributed by atoms with Gasteiger partial charge in [-0.1, -0.05) is 0 Å². The molecule has 0 atom stereocenters. The van der Waals surface area contributed by atoms with Crippen LogP contribution in [-0.4, -0.2) is 57.9 Å². The maximum Gasteiger partial charge on any atom is 0.246 e. The standard InChI is InChI=1S/C11H14F2N2O4S2/c1-20(16,17)14-4-6-15(7-5-14)21(18,19)11-3-2-9(12)8-10(11)13/h2-3,8H,4-7H2,1H3. The van der Waals surface area contributed by atoms with Gasteiger partial charge in [-0.25, -0.2) is 25.6 Å². The highest BCUT2D eigenvalue weighted by Crippen LogP contribution is 2.21. The van der Waals surface area contributed by atoms with E-state index < -0.39 is 36.6 Å². The number of piperazine rings is 1. The molecule has 1 fully saturated rings. The zero-order chi connectivity index (χ0) is 15.8. The van der Waals surface area contributed by atoms with E-state index in [0.29, 0.717) is 6.07 Å². The quantitative estimate of drug-likeness (QED) is 0.789. The van der Waals surface area contributed by atoms with Crippen molar-refractivity contribution in [1.82, 2.24) is 8.61 Å². The SMILES string of the molecule is CS(=O)(=O)N1CCN(S(=O)(=O)c2ccc(F)cc2F)CC1. The van der Waals surface area contributed by atoms with Crippen LogP contribution in [0, 0.1) is 11.6 Å². The summed E-state index contributed by atoms with van der Waals surface area (Å²) in [6.07, 6.45) is 1.04. The molecule has 10 heteroatoms. The summed E-state index contributed by atoms with van der Waals surface area (Å²) < 4.78 is 75.9. The highest BCUT2D eigenvalue weighted by Gasteiger charge is 2.32. The van der Waals surface area contributed by atoms with E-state index in [1.165, 1.54) is 0 Å². The molecule has 0 aromatic heterocycles. The van der Waals surface area contributed by atoms with E-state index in [1.807, 2.05) is 0 Å². The van der Waals surface area contributed by atoms with Gasteiger partial charge in [-0.2, -0.15) is 8.61 Å². The molecule has 1 saturated heterocycles. The first-order chi connectivity index (χ1) is 9.62. The predicted molar refractivity (Wildman–Crippen MR) is 71.5 cm³/mol. The Morgan fingerprint density at radius 3 is 1.95 bits per heavy atom. The molecule has 2 rings (SSSR count). The first-order valence-corrected chi connectivity index (χ1v) is 9.31. The lowest BCUT2D eigenvalue weighted by Crippen LogP contribution is -2.50. The minimum absolute atomic E-state index is 0.000870. The molecule has 0 bridgehead atoms. The molecular weight excluding hydrogens is 326 g/mol. The highest BCUT2D eigenvalue weighted by atomic mass is 32.2. The van der Waals surface area contributed by atoms with Crippen molar-refractivity contribution in [2.45, 2.75) is 4.90 Å². The molecule has 6 nitrogen and oxygen atoms in total. The van der Waals surface area contributed by atoms with Crippen LogP contribution in [0.2, 0.25) is 0 Å². The third-order valence-corrected chi connectivity index (χ3v) is 6.41. The molecule has 1 aliphatic rings. The molecule has 0 unspecified atom stereocenters. The van der Waals surface area contributed by atoms with Crippen LogP contribution in [0.3, 0.4) is 0 Å². The summed E-state index contributed by atoms with van der Waals surface area (Å²) >= 11 is 0. The smallest absolute Gasteiger partial charge is 0.213 e. The number of halogens is 2. The van der Waals surface area contributed by atoms with Gasteiger partial charge in [0.15, 0.2) is 0 Å². The highest BCUT2D eigenvalue weighted by molar-refractivity contribution is 7.89. The number of sulfonamides is 2. The van der Waals surface area contributed by atoms with Crippen LogP contribution < -0.4 is 0 Å². The fourth-order valence-electron chi connectivity index (χ4n) is 2.07. The number of nitrogens with zero attached hydrogens (tertiary/aromatic N) is 2. The first kappa shape index (κ1) is 16.3. The van der Waals surface area contributed by atoms with E-state index in [1.54, 1.807) is 0 Å². The van der Waals surface area contributed by atoms with Crippen LogP contribution >= 0.6 is 0 Å². The maximum absolute atomic E-state index is 13.6. The summed E-state index contributed by atoms with van der Waals surface area (Å²) in [6, 6.07) is 2.23. The summed E-state index contributed by atoms with van der Waals surface area (Å²) in [5.74, 6) is -2.03. The van der Waals surface area contributed by atoms with Crippen molar-refractivity contribution < 1.29 is 25.6 Å². The van der Waals surface area contributed by atoms with Gasteiger partial charge in [0, 0.05) is 32.2 Å². The third kappa shape index (κ3) is 3.39. The van der Waals surface area contributed by atoms with Crippen molar-refractivity contribution in [1.29, 1.82) is 0 Å². The summed E-state index contributed by atoms with van der Waals surface area (Å²) in [5.41, 5.74) is 0. The topological polar surface area (TPSA) is 74.8 Å². The van der Waals surface area contributed by atoms with Gasteiger partial charge in [-0.3, -0.25) is 0 Å². The molecule has 0 N–H and O–H groups in total. The van der Waals surface area contributed by atoms with Crippen LogP contribution in [-0.2, 0) is 20.0 Å². The second-order valence-electron chi connectivity index (χ2n) is 4.64. The Morgan fingerprint density at radius 1 is 0.952 bits per heavy atom. The lowest BCUT2D eigenvalue weighted by Gasteiger charge is -2.32. The fraction of sp³-hybridized carbons (Fsp3) is 0.455. The Morgan fingerprint density at radius 2 is 1.48 bits per heavy atom. The van der Waals surface area contributed by atoms with Gasteiger partial charge in [-0.05, 0) is 12.1 Å². The maximum atomic E-state index is 13.6. The molecule has 118 valence electrons. The number of rotatable bonds is 3. The number of hydrogen-bond donors (Lipinski definition) is 0. The minimum Gasteiger partial charge on any atom is -0.213 e. The van der Waals surface area contributed by atoms with Crippen LogP contribution in [0.25, 0.3) is 0 Å². The first-order valence-electron chi connectivity index (χ1n) is 6.03. The van der Waals surface area contributed by atoms with E-state index in [0.717, 1.165) is 27.0 Å². The normalized spacial score (nSPS) is 18.8. The summed E-state index contributed by atoms with van der Waals surface area (Å²) in [4.78, 5) is -0.614. The average Bonchev–Trinajstić information content (AvgIpc) is 2.37. The number of hydrogen-bond acceptors (Lipinski definition) is 4. The summed E-state index contributed by atoms with van der Waals surface area (Å²) in [5, 5.41) is 0. The van der Waals surface area contributed by atoms with Crippen LogP contribution in [0.1, 0.15) is 0 Å². The van der Waals surface area contributed by atoms with Gasteiger partial charge in [0.1, 0.15) is 16.5 Å². The van der Waals surface area contributed by atoms with Crippen molar-refractivity contribution in [3.05, 3.63) is 29.8 Å². The molecular formula is C11H14F2N2O4S2. The molecule has 0 radical (unpaired) electrons. The van der Waals surface area contributed by atoms with Gasteiger partial charge in [-0.15, -0.1) is 0 Å². The summed E-state index contributed by atoms with van der Waals surface area (Å²) in [7, 11) is -7.49. The molecule has 1 heterocycles. The molecule has 0 amide bonds. The van der Waals surface area contributed by atoms with Crippen molar-refractivity contribution in [2.24, 2.45) is 0 Å². The molecule has 0 saturated carbocycles. The molecule has 0 spiro atoms. The van der Waals surface area contributed by atoms with Gasteiger partial charge in [0.2, 0.25) is 20.0 Å². The fourth-order valence-corrected chi connectivity index (χ4v) is 4.36. The minimum atomic E-state index is -4.11. The van der Waals surface area contributed by atoms with Crippen LogP contribution in [0.4, 0.5) is 8.78 Å². The van der Waals surface area contributed by atoms with Crippen molar-refractivity contribution in [2.75, 3.05) is 32.4 Å². The third-order valence-electron chi connectivity index (χ3n) is 3.18. The number of benzene rings is 1. The molecule has 21 heavy (non-hydrogen) atoms. The Hall–Kier alpha value is -1.10. The predicted octanol–water partition coefficient (Wildman–Crippen LogP) is 0.231.